The molecule has 4 rings (SSSR count). The Bertz CT molecular complexity index is 1350. The number of carbonyl (C=O) groups excluding carboxylic acids is 1. The minimum atomic E-state index is -0.413. The summed E-state index contributed by atoms with van der Waals surface area (Å²) < 4.78 is 20.0. The molecule has 0 aliphatic rings. The first-order valence-electron chi connectivity index (χ1n) is 10.0. The Morgan fingerprint density at radius 3 is 2.59 bits per heavy atom. The van der Waals surface area contributed by atoms with Gasteiger partial charge in [0.1, 0.15) is 17.4 Å². The normalized spacial score (nSPS) is 10.7. The van der Waals surface area contributed by atoms with Crippen LogP contribution in [-0.4, -0.2) is 29.9 Å². The van der Waals surface area contributed by atoms with Crippen LogP contribution < -0.4 is 5.32 Å². The third-order valence-corrected chi connectivity index (χ3v) is 5.22. The van der Waals surface area contributed by atoms with Crippen molar-refractivity contribution in [2.75, 3.05) is 19.4 Å². The number of aromatic nitrogens is 1. The summed E-state index contributed by atoms with van der Waals surface area (Å²) in [5.41, 5.74) is 4.29. The van der Waals surface area contributed by atoms with Crippen LogP contribution in [-0.2, 0) is 6.54 Å². The molecule has 0 radical (unpaired) electrons. The second-order valence-electron chi connectivity index (χ2n) is 7.61. The number of hydrogen-bond acceptors (Lipinski definition) is 5. The van der Waals surface area contributed by atoms with Crippen LogP contribution in [0.25, 0.3) is 22.2 Å². The number of halogens is 1. The minimum Gasteiger partial charge on any atom is -0.430 e. The summed E-state index contributed by atoms with van der Waals surface area (Å²) in [5, 5.41) is 13.3. The van der Waals surface area contributed by atoms with Crippen LogP contribution in [0.1, 0.15) is 27.4 Å². The van der Waals surface area contributed by atoms with Crippen LogP contribution in [0.4, 0.5) is 10.1 Å². The average molecular weight is 428 g/mol. The Labute approximate surface area is 184 Å². The number of oxazole rings is 1. The lowest BCUT2D eigenvalue weighted by Crippen LogP contribution is -2.21. The van der Waals surface area contributed by atoms with E-state index in [0.29, 0.717) is 34.4 Å². The fourth-order valence-electron chi connectivity index (χ4n) is 3.64. The van der Waals surface area contributed by atoms with Crippen molar-refractivity contribution in [3.8, 4) is 17.2 Å². The van der Waals surface area contributed by atoms with E-state index in [2.05, 4.69) is 16.4 Å². The predicted molar refractivity (Wildman–Crippen MR) is 121 cm³/mol. The van der Waals surface area contributed by atoms with Gasteiger partial charge in [0.25, 0.3) is 5.89 Å². The Morgan fingerprint density at radius 2 is 1.94 bits per heavy atom. The summed E-state index contributed by atoms with van der Waals surface area (Å²) in [6.45, 7) is 2.25. The molecular formula is C25H21FN4O2. The van der Waals surface area contributed by atoms with Crippen LogP contribution in [0.15, 0.2) is 59.0 Å². The molecule has 0 unspecified atom stereocenters. The highest BCUT2D eigenvalue weighted by Gasteiger charge is 2.26. The van der Waals surface area contributed by atoms with E-state index in [4.69, 9.17) is 4.42 Å². The molecule has 0 aliphatic heterocycles. The number of rotatable bonds is 5. The zero-order valence-corrected chi connectivity index (χ0v) is 17.9. The van der Waals surface area contributed by atoms with Gasteiger partial charge in [0.15, 0.2) is 5.58 Å². The number of hydrogen-bond donors (Lipinski definition) is 1. The number of benzene rings is 3. The zero-order chi connectivity index (χ0) is 22.8. The quantitative estimate of drug-likeness (QED) is 0.477. The molecule has 7 heteroatoms. The number of carbonyl (C=O) groups is 1. The topological polar surface area (TPSA) is 82.2 Å². The number of amides is 1. The monoisotopic (exact) mass is 428 g/mol. The van der Waals surface area contributed by atoms with Crippen molar-refractivity contribution in [2.45, 2.75) is 13.5 Å². The maximum Gasteiger partial charge on any atom is 0.309 e. The van der Waals surface area contributed by atoms with Gasteiger partial charge in [-0.25, -0.2) is 9.37 Å². The second-order valence-corrected chi connectivity index (χ2v) is 7.61. The van der Waals surface area contributed by atoms with Crippen molar-refractivity contribution in [3.63, 3.8) is 0 Å². The Hall–Kier alpha value is -4.18. The lowest BCUT2D eigenvalue weighted by atomic mass is 9.93. The van der Waals surface area contributed by atoms with Gasteiger partial charge in [0.05, 0.1) is 11.3 Å². The molecule has 3 aromatic carbocycles. The highest BCUT2D eigenvalue weighted by molar-refractivity contribution is 6.03. The van der Waals surface area contributed by atoms with Gasteiger partial charge in [-0.1, -0.05) is 42.5 Å². The molecule has 1 heterocycles. The van der Waals surface area contributed by atoms with Crippen LogP contribution in [0.2, 0.25) is 0 Å². The highest BCUT2D eigenvalue weighted by atomic mass is 19.1. The number of fused-ring (bicyclic) bond motifs is 1. The summed E-state index contributed by atoms with van der Waals surface area (Å²) >= 11 is 0. The lowest BCUT2D eigenvalue weighted by Gasteiger charge is -2.17. The first kappa shape index (κ1) is 21.1. The number of nitrogens with one attached hydrogen (secondary N) is 1. The molecule has 4 aromatic rings. The van der Waals surface area contributed by atoms with Crippen molar-refractivity contribution in [2.24, 2.45) is 0 Å². The maximum atomic E-state index is 14.1. The molecule has 1 amide bonds. The fourth-order valence-corrected chi connectivity index (χ4v) is 3.64. The van der Waals surface area contributed by atoms with Gasteiger partial charge in [-0.15, -0.1) is 0 Å². The molecule has 0 saturated heterocycles. The van der Waals surface area contributed by atoms with Gasteiger partial charge >= 0.3 is 5.91 Å². The van der Waals surface area contributed by atoms with Crippen LogP contribution in [0.5, 0.6) is 0 Å². The summed E-state index contributed by atoms with van der Waals surface area (Å²) in [5.74, 6) is -0.917. The Morgan fingerprint density at radius 1 is 1.19 bits per heavy atom. The summed E-state index contributed by atoms with van der Waals surface area (Å²) in [7, 11) is 3.20. The Balaban J connectivity index is 1.99. The molecule has 0 spiro atoms. The van der Waals surface area contributed by atoms with Gasteiger partial charge in [-0.3, -0.25) is 4.79 Å². The number of nitrogens with zero attached hydrogens (tertiary/aromatic N) is 3. The molecule has 0 bridgehead atoms. The number of nitriles is 1. The SMILES string of the molecule is Cc1c(-c2cccc(F)c2)c(NCc2ccccc2)c2oc(C(=O)N(C)C)nc2c1C#N. The van der Waals surface area contributed by atoms with E-state index in [0.717, 1.165) is 5.56 Å². The molecule has 32 heavy (non-hydrogen) atoms. The maximum absolute atomic E-state index is 14.1. The van der Waals surface area contributed by atoms with E-state index >= 15 is 0 Å². The fraction of sp³-hybridized carbons (Fsp3) is 0.160. The van der Waals surface area contributed by atoms with Gasteiger partial charge in [-0.2, -0.15) is 5.26 Å². The first-order valence-corrected chi connectivity index (χ1v) is 10.0. The van der Waals surface area contributed by atoms with E-state index in [9.17, 15) is 14.4 Å². The molecule has 160 valence electrons. The molecule has 0 aliphatic carbocycles. The van der Waals surface area contributed by atoms with Crippen LogP contribution in [0, 0.1) is 24.1 Å². The van der Waals surface area contributed by atoms with Crippen LogP contribution >= 0.6 is 0 Å². The highest BCUT2D eigenvalue weighted by Crippen LogP contribution is 2.41. The molecule has 1 aromatic heterocycles. The van der Waals surface area contributed by atoms with Gasteiger partial charge in [-0.05, 0) is 35.7 Å². The molecule has 6 nitrogen and oxygen atoms in total. The zero-order valence-electron chi connectivity index (χ0n) is 17.9. The lowest BCUT2D eigenvalue weighted by molar-refractivity contribution is 0.0791. The van der Waals surface area contributed by atoms with Crippen molar-refractivity contribution >= 4 is 22.7 Å². The van der Waals surface area contributed by atoms with Crippen molar-refractivity contribution < 1.29 is 13.6 Å². The van der Waals surface area contributed by atoms with Gasteiger partial charge in [0, 0.05) is 26.2 Å². The van der Waals surface area contributed by atoms with Crippen molar-refractivity contribution in [1.82, 2.24) is 9.88 Å². The molecule has 0 atom stereocenters. The first-order chi connectivity index (χ1) is 15.4. The smallest absolute Gasteiger partial charge is 0.309 e. The predicted octanol–water partition coefficient (Wildman–Crippen LogP) is 5.13. The van der Waals surface area contributed by atoms with E-state index in [1.165, 1.54) is 17.0 Å². The van der Waals surface area contributed by atoms with Gasteiger partial charge < -0.3 is 14.6 Å². The molecule has 0 saturated carbocycles. The standard InChI is InChI=1S/C25H21FN4O2/c1-15-19(13-27)21-23(32-24(29-21)25(31)30(2)3)22(28-14-16-8-5-4-6-9-16)20(15)17-10-7-11-18(26)12-17/h4-12,28H,14H2,1-3H3. The average Bonchev–Trinajstić information content (AvgIpc) is 3.22. The third-order valence-electron chi connectivity index (χ3n) is 5.22. The summed E-state index contributed by atoms with van der Waals surface area (Å²) in [6.07, 6.45) is 0. The minimum absolute atomic E-state index is 0.111. The van der Waals surface area contributed by atoms with Crippen molar-refractivity contribution in [1.29, 1.82) is 5.26 Å². The van der Waals surface area contributed by atoms with E-state index in [-0.39, 0.29) is 17.0 Å². The third kappa shape index (κ3) is 3.79. The van der Waals surface area contributed by atoms with E-state index < -0.39 is 11.7 Å². The number of anilines is 1. The largest absolute Gasteiger partial charge is 0.430 e. The van der Waals surface area contributed by atoms with Crippen LogP contribution in [0.3, 0.4) is 0 Å². The molecular weight excluding hydrogens is 407 g/mol. The summed E-state index contributed by atoms with van der Waals surface area (Å²) in [4.78, 5) is 18.2. The van der Waals surface area contributed by atoms with Gasteiger partial charge in [0.2, 0.25) is 0 Å². The summed E-state index contributed by atoms with van der Waals surface area (Å²) in [6, 6.07) is 18.1. The Kier molecular flexibility index (Phi) is 5.61. The van der Waals surface area contributed by atoms with Crippen molar-refractivity contribution in [3.05, 3.63) is 83.0 Å². The molecule has 1 N–H and O–H groups in total. The second kappa shape index (κ2) is 8.52. The van der Waals surface area contributed by atoms with E-state index in [1.54, 1.807) is 33.2 Å². The molecule has 0 fully saturated rings. The van der Waals surface area contributed by atoms with E-state index in [1.807, 2.05) is 30.3 Å².